The van der Waals surface area contributed by atoms with E-state index in [0.717, 1.165) is 16.3 Å². The van der Waals surface area contributed by atoms with E-state index in [1.807, 2.05) is 12.1 Å². The van der Waals surface area contributed by atoms with E-state index in [1.54, 1.807) is 61.1 Å². The van der Waals surface area contributed by atoms with Gasteiger partial charge in [-0.3, -0.25) is 9.89 Å². The molecule has 154 valence electrons. The number of aromatic amines is 2. The van der Waals surface area contributed by atoms with Gasteiger partial charge >= 0.3 is 0 Å². The van der Waals surface area contributed by atoms with Crippen molar-refractivity contribution in [3.05, 3.63) is 84.3 Å². The number of benzene rings is 2. The van der Waals surface area contributed by atoms with Crippen molar-refractivity contribution in [2.24, 2.45) is 0 Å². The third-order valence-corrected chi connectivity index (χ3v) is 7.14. The van der Waals surface area contributed by atoms with Crippen molar-refractivity contribution in [2.75, 3.05) is 0 Å². The predicted octanol–water partition coefficient (Wildman–Crippen LogP) is 4.09. The van der Waals surface area contributed by atoms with Crippen molar-refractivity contribution >= 4 is 37.6 Å². The number of rotatable bonds is 6. The van der Waals surface area contributed by atoms with Crippen LogP contribution in [0.1, 0.15) is 22.3 Å². The number of carbonyl (C=O) groups excluding carboxylic acids is 1. The fraction of sp³-hybridized carbons (Fsp3) is 0.0870. The highest BCUT2D eigenvalue weighted by molar-refractivity contribution is 7.91. The summed E-state index contributed by atoms with van der Waals surface area (Å²) in [6, 6.07) is 15.5. The zero-order chi connectivity index (χ0) is 21.4. The maximum Gasteiger partial charge on any atom is 0.208 e. The molecule has 0 fully saturated rings. The Morgan fingerprint density at radius 3 is 2.65 bits per heavy atom. The molecule has 31 heavy (non-hydrogen) atoms. The van der Waals surface area contributed by atoms with Gasteiger partial charge in [0, 0.05) is 35.2 Å². The average molecular weight is 430 g/mol. The van der Waals surface area contributed by atoms with Crippen molar-refractivity contribution in [1.29, 1.82) is 0 Å². The summed E-state index contributed by atoms with van der Waals surface area (Å²) in [4.78, 5) is 20.2. The molecule has 0 unspecified atom stereocenters. The van der Waals surface area contributed by atoms with Crippen LogP contribution in [0, 0.1) is 0 Å². The highest BCUT2D eigenvalue weighted by Crippen LogP contribution is 2.27. The molecule has 0 saturated carbocycles. The molecule has 0 amide bonds. The number of fused-ring (bicyclic) bond motifs is 2. The lowest BCUT2D eigenvalue weighted by atomic mass is 10.0. The van der Waals surface area contributed by atoms with Gasteiger partial charge in [0.2, 0.25) is 9.84 Å². The Bertz CT molecular complexity index is 1520. The number of hydrogen-bond donors (Lipinski definition) is 2. The van der Waals surface area contributed by atoms with Crippen LogP contribution in [0.3, 0.4) is 0 Å². The Morgan fingerprint density at radius 1 is 0.968 bits per heavy atom. The highest BCUT2D eigenvalue weighted by Gasteiger charge is 2.21. The zero-order valence-corrected chi connectivity index (χ0v) is 17.2. The molecular formula is C23H18N4O3S. The zero-order valence-electron chi connectivity index (χ0n) is 16.4. The van der Waals surface area contributed by atoms with Crippen LogP contribution in [-0.4, -0.2) is 34.4 Å². The first-order valence-electron chi connectivity index (χ1n) is 9.75. The second-order valence-electron chi connectivity index (χ2n) is 7.30. The van der Waals surface area contributed by atoms with Gasteiger partial charge in [0.25, 0.3) is 0 Å². The van der Waals surface area contributed by atoms with Crippen LogP contribution in [0.2, 0.25) is 0 Å². The molecule has 0 aliphatic heterocycles. The molecule has 3 heterocycles. The molecule has 0 atom stereocenters. The van der Waals surface area contributed by atoms with Gasteiger partial charge in [-0.15, -0.1) is 0 Å². The Hall–Kier alpha value is -3.78. The quantitative estimate of drug-likeness (QED) is 0.395. The van der Waals surface area contributed by atoms with Crippen LogP contribution < -0.4 is 0 Å². The van der Waals surface area contributed by atoms with E-state index in [9.17, 15) is 13.2 Å². The van der Waals surface area contributed by atoms with Crippen LogP contribution in [0.5, 0.6) is 0 Å². The lowest BCUT2D eigenvalue weighted by Crippen LogP contribution is -2.04. The Morgan fingerprint density at radius 2 is 1.81 bits per heavy atom. The first kappa shape index (κ1) is 19.2. The molecule has 0 aliphatic carbocycles. The second kappa shape index (κ2) is 7.48. The molecule has 2 N–H and O–H groups in total. The topological polar surface area (TPSA) is 109 Å². The number of nitrogens with one attached hydrogen (secondary N) is 2. The second-order valence-corrected chi connectivity index (χ2v) is 9.22. The third kappa shape index (κ3) is 3.51. The fourth-order valence-corrected chi connectivity index (χ4v) is 5.09. The number of aromatic nitrogens is 4. The molecular weight excluding hydrogens is 412 g/mol. The summed E-state index contributed by atoms with van der Waals surface area (Å²) in [5.41, 5.74) is 2.67. The third-order valence-electron chi connectivity index (χ3n) is 5.33. The highest BCUT2D eigenvalue weighted by atomic mass is 32.2. The minimum absolute atomic E-state index is 0.0225. The summed E-state index contributed by atoms with van der Waals surface area (Å²) in [5, 5.41) is 8.30. The van der Waals surface area contributed by atoms with E-state index in [2.05, 4.69) is 20.2 Å². The van der Waals surface area contributed by atoms with E-state index in [-0.39, 0.29) is 15.6 Å². The minimum atomic E-state index is -3.66. The average Bonchev–Trinajstić information content (AvgIpc) is 3.46. The number of para-hydroxylation sites is 1. The van der Waals surface area contributed by atoms with Gasteiger partial charge in [0.1, 0.15) is 0 Å². The molecule has 3 aromatic heterocycles. The van der Waals surface area contributed by atoms with E-state index in [1.165, 1.54) is 0 Å². The van der Waals surface area contributed by atoms with Gasteiger partial charge in [-0.05, 0) is 42.3 Å². The number of ketones is 1. The van der Waals surface area contributed by atoms with Crippen LogP contribution >= 0.6 is 0 Å². The largest absolute Gasteiger partial charge is 0.360 e. The van der Waals surface area contributed by atoms with Gasteiger partial charge < -0.3 is 4.98 Å². The summed E-state index contributed by atoms with van der Waals surface area (Å²) >= 11 is 0. The summed E-state index contributed by atoms with van der Waals surface area (Å²) in [5.74, 6) is -0.0225. The fourth-order valence-electron chi connectivity index (χ4n) is 3.63. The van der Waals surface area contributed by atoms with Crippen LogP contribution in [0.15, 0.2) is 83.0 Å². The van der Waals surface area contributed by atoms with Crippen molar-refractivity contribution in [2.45, 2.75) is 22.6 Å². The van der Waals surface area contributed by atoms with Gasteiger partial charge in [0.15, 0.2) is 11.4 Å². The van der Waals surface area contributed by atoms with E-state index < -0.39 is 9.84 Å². The van der Waals surface area contributed by atoms with Gasteiger partial charge in [-0.1, -0.05) is 24.3 Å². The van der Waals surface area contributed by atoms with Crippen molar-refractivity contribution in [3.8, 4) is 0 Å². The smallest absolute Gasteiger partial charge is 0.208 e. The van der Waals surface area contributed by atoms with E-state index >= 15 is 0 Å². The number of Topliss-reactive ketones (excluding diaryl/α,β-unsaturated/α-hetero) is 1. The molecule has 5 aromatic rings. The summed E-state index contributed by atoms with van der Waals surface area (Å²) < 4.78 is 26.2. The van der Waals surface area contributed by atoms with Crippen molar-refractivity contribution < 1.29 is 13.2 Å². The molecule has 8 heteroatoms. The van der Waals surface area contributed by atoms with Crippen LogP contribution in [-0.2, 0) is 16.3 Å². The molecule has 7 nitrogen and oxygen atoms in total. The number of sulfone groups is 1. The van der Waals surface area contributed by atoms with E-state index in [0.29, 0.717) is 29.6 Å². The molecule has 2 aromatic carbocycles. The normalized spacial score (nSPS) is 11.9. The Kier molecular flexibility index (Phi) is 4.63. The van der Waals surface area contributed by atoms with E-state index in [4.69, 9.17) is 0 Å². The molecule has 0 radical (unpaired) electrons. The number of pyridine rings is 1. The first-order chi connectivity index (χ1) is 15.0. The standard InChI is InChI=1S/C23H18N4O3S/c28-20(17-12-18-14-26-27-23(18)25-13-17)9-6-15-4-7-19(8-5-15)31(29,30)21-3-1-2-16-10-11-24-22(16)21/h1-5,7-8,10-14,24H,6,9H2,(H,25,26,27). The number of nitrogens with zero attached hydrogens (tertiary/aromatic N) is 2. The molecule has 0 spiro atoms. The molecule has 0 bridgehead atoms. The van der Waals surface area contributed by atoms with Crippen LogP contribution in [0.4, 0.5) is 0 Å². The Labute approximate surface area is 178 Å². The summed E-state index contributed by atoms with van der Waals surface area (Å²) in [6.07, 6.45) is 5.71. The van der Waals surface area contributed by atoms with Gasteiger partial charge in [-0.25, -0.2) is 13.4 Å². The maximum atomic E-state index is 13.1. The van der Waals surface area contributed by atoms with Gasteiger partial charge in [-0.2, -0.15) is 5.10 Å². The number of carbonyl (C=O) groups is 1. The maximum absolute atomic E-state index is 13.1. The lowest BCUT2D eigenvalue weighted by Gasteiger charge is -2.08. The number of hydrogen-bond acceptors (Lipinski definition) is 5. The lowest BCUT2D eigenvalue weighted by molar-refractivity contribution is 0.0982. The monoisotopic (exact) mass is 430 g/mol. The molecule has 0 saturated heterocycles. The van der Waals surface area contributed by atoms with Crippen molar-refractivity contribution in [1.82, 2.24) is 20.2 Å². The van der Waals surface area contributed by atoms with Crippen molar-refractivity contribution in [3.63, 3.8) is 0 Å². The molecule has 5 rings (SSSR count). The minimum Gasteiger partial charge on any atom is -0.360 e. The molecule has 0 aliphatic rings. The first-order valence-corrected chi connectivity index (χ1v) is 11.2. The predicted molar refractivity (Wildman–Crippen MR) is 117 cm³/mol. The SMILES string of the molecule is O=C(CCc1ccc(S(=O)(=O)c2cccc3cc[nH]c23)cc1)c1cnc2[nH]ncc2c1. The summed E-state index contributed by atoms with van der Waals surface area (Å²) in [6.45, 7) is 0. The van der Waals surface area contributed by atoms with Crippen LogP contribution in [0.25, 0.3) is 21.9 Å². The Balaban J connectivity index is 1.32. The number of aryl methyl sites for hydroxylation is 1. The number of H-pyrrole nitrogens is 2. The summed E-state index contributed by atoms with van der Waals surface area (Å²) in [7, 11) is -3.66. The van der Waals surface area contributed by atoms with Gasteiger partial charge in [0.05, 0.1) is 21.5 Å².